The maximum Gasteiger partial charge on any atom is 0.270 e. The van der Waals surface area contributed by atoms with E-state index in [-0.39, 0.29) is 5.91 Å². The second kappa shape index (κ2) is 5.33. The molecule has 1 aromatic carbocycles. The number of nitrogens with one attached hydrogen (secondary N) is 1. The molecule has 5 heteroatoms. The van der Waals surface area contributed by atoms with Gasteiger partial charge in [-0.25, -0.2) is 4.98 Å². The lowest BCUT2D eigenvalue weighted by Crippen LogP contribution is -2.40. The van der Waals surface area contributed by atoms with Crippen LogP contribution in [0, 0.1) is 0 Å². The van der Waals surface area contributed by atoms with E-state index in [1.165, 1.54) is 0 Å². The highest BCUT2D eigenvalue weighted by atomic mass is 16.2. The predicted molar refractivity (Wildman–Crippen MR) is 84.7 cm³/mol. The van der Waals surface area contributed by atoms with Crippen LogP contribution in [-0.2, 0) is 0 Å². The Bertz CT molecular complexity index is 757. The first-order valence-corrected chi connectivity index (χ1v) is 7.66. The fraction of sp³-hybridized carbons (Fsp3) is 0.294. The molecule has 5 nitrogen and oxygen atoms in total. The highest BCUT2D eigenvalue weighted by Gasteiger charge is 2.26. The summed E-state index contributed by atoms with van der Waals surface area (Å²) in [6, 6.07) is 10.2. The van der Waals surface area contributed by atoms with Crippen LogP contribution in [-0.4, -0.2) is 38.4 Å². The van der Waals surface area contributed by atoms with E-state index in [0.29, 0.717) is 11.7 Å². The largest absolute Gasteiger partial charge is 0.351 e. The van der Waals surface area contributed by atoms with Gasteiger partial charge in [-0.05, 0) is 25.0 Å². The predicted octanol–water partition coefficient (Wildman–Crippen LogP) is 2.84. The average Bonchev–Trinajstić information content (AvgIpc) is 3.23. The Hall–Kier alpha value is -2.56. The van der Waals surface area contributed by atoms with Gasteiger partial charge in [-0.2, -0.15) is 0 Å². The number of carbonyl (C=O) groups is 1. The lowest BCUT2D eigenvalue weighted by Gasteiger charge is -2.33. The highest BCUT2D eigenvalue weighted by molar-refractivity contribution is 5.98. The Balaban J connectivity index is 1.56. The number of H-pyrrole nitrogens is 1. The van der Waals surface area contributed by atoms with Crippen LogP contribution in [0.4, 0.5) is 0 Å². The number of fused-ring (bicyclic) bond motifs is 1. The number of aromatic nitrogens is 3. The number of likely N-dealkylation sites (tertiary alicyclic amines) is 1. The third kappa shape index (κ3) is 2.28. The molecule has 1 saturated heterocycles. The Labute approximate surface area is 128 Å². The van der Waals surface area contributed by atoms with Crippen LogP contribution in [0.5, 0.6) is 0 Å². The molecular formula is C17H18N4O. The van der Waals surface area contributed by atoms with Gasteiger partial charge in [0.15, 0.2) is 0 Å². The molecular weight excluding hydrogens is 276 g/mol. The van der Waals surface area contributed by atoms with E-state index >= 15 is 0 Å². The van der Waals surface area contributed by atoms with Crippen molar-refractivity contribution in [1.29, 1.82) is 0 Å². The van der Waals surface area contributed by atoms with Gasteiger partial charge >= 0.3 is 0 Å². The number of carbonyl (C=O) groups excluding carboxylic acids is 1. The van der Waals surface area contributed by atoms with E-state index in [2.05, 4.69) is 14.5 Å². The topological polar surface area (TPSA) is 53.9 Å². The SMILES string of the molecule is O=C(c1cc2ccccc2[nH]1)N1CCC[C@H](n2ccnc2)C1. The number of hydrogen-bond donors (Lipinski definition) is 1. The second-order valence-electron chi connectivity index (χ2n) is 5.83. The van der Waals surface area contributed by atoms with Crippen molar-refractivity contribution >= 4 is 16.8 Å². The summed E-state index contributed by atoms with van der Waals surface area (Å²) >= 11 is 0. The summed E-state index contributed by atoms with van der Waals surface area (Å²) in [5.41, 5.74) is 1.68. The van der Waals surface area contributed by atoms with E-state index < -0.39 is 0 Å². The van der Waals surface area contributed by atoms with Gasteiger partial charge in [-0.15, -0.1) is 0 Å². The second-order valence-corrected chi connectivity index (χ2v) is 5.83. The standard InChI is InChI=1S/C17H18N4O/c22-17(16-10-13-4-1-2-6-15(13)19-16)20-8-3-5-14(11-20)21-9-7-18-12-21/h1-2,4,6-7,9-10,12,14,19H,3,5,8,11H2/t14-/m0/s1. The molecule has 0 spiro atoms. The molecule has 4 rings (SSSR count). The highest BCUT2D eigenvalue weighted by Crippen LogP contribution is 2.23. The molecule has 1 aliphatic rings. The number of benzene rings is 1. The first-order chi connectivity index (χ1) is 10.8. The molecule has 3 heterocycles. The van der Waals surface area contributed by atoms with E-state index in [4.69, 9.17) is 0 Å². The number of para-hydroxylation sites is 1. The zero-order valence-electron chi connectivity index (χ0n) is 12.3. The van der Waals surface area contributed by atoms with Crippen molar-refractivity contribution in [2.75, 3.05) is 13.1 Å². The number of piperidine rings is 1. The number of nitrogens with zero attached hydrogens (tertiary/aromatic N) is 3. The van der Waals surface area contributed by atoms with Crippen molar-refractivity contribution in [1.82, 2.24) is 19.4 Å². The van der Waals surface area contributed by atoms with Gasteiger partial charge in [0.1, 0.15) is 5.69 Å². The van der Waals surface area contributed by atoms with Crippen LogP contribution >= 0.6 is 0 Å². The van der Waals surface area contributed by atoms with Gasteiger partial charge < -0.3 is 14.5 Å². The molecule has 1 aliphatic heterocycles. The van der Waals surface area contributed by atoms with Gasteiger partial charge in [0, 0.05) is 36.4 Å². The maximum absolute atomic E-state index is 12.8. The molecule has 22 heavy (non-hydrogen) atoms. The van der Waals surface area contributed by atoms with Gasteiger partial charge in [-0.1, -0.05) is 18.2 Å². The molecule has 1 atom stereocenters. The molecule has 0 radical (unpaired) electrons. The Kier molecular flexibility index (Phi) is 3.18. The minimum atomic E-state index is 0.0843. The normalized spacial score (nSPS) is 18.7. The van der Waals surface area contributed by atoms with Crippen LogP contribution in [0.1, 0.15) is 29.4 Å². The zero-order chi connectivity index (χ0) is 14.9. The summed E-state index contributed by atoms with van der Waals surface area (Å²) in [7, 11) is 0. The minimum absolute atomic E-state index is 0.0843. The lowest BCUT2D eigenvalue weighted by molar-refractivity contribution is 0.0674. The summed E-state index contributed by atoms with van der Waals surface area (Å²) in [6.45, 7) is 1.56. The molecule has 1 fully saturated rings. The summed E-state index contributed by atoms with van der Waals surface area (Å²) in [4.78, 5) is 22.0. The Morgan fingerprint density at radius 2 is 2.23 bits per heavy atom. The fourth-order valence-electron chi connectivity index (χ4n) is 3.23. The maximum atomic E-state index is 12.8. The molecule has 112 valence electrons. The van der Waals surface area contributed by atoms with Crippen LogP contribution in [0.2, 0.25) is 0 Å². The van der Waals surface area contributed by atoms with Gasteiger partial charge in [0.05, 0.1) is 12.4 Å². The minimum Gasteiger partial charge on any atom is -0.351 e. The molecule has 1 amide bonds. The van der Waals surface area contributed by atoms with Crippen molar-refractivity contribution in [2.24, 2.45) is 0 Å². The number of imidazole rings is 1. The van der Waals surface area contributed by atoms with Gasteiger partial charge in [0.2, 0.25) is 0 Å². The first-order valence-electron chi connectivity index (χ1n) is 7.66. The fourth-order valence-corrected chi connectivity index (χ4v) is 3.23. The van der Waals surface area contributed by atoms with Crippen molar-refractivity contribution in [3.05, 3.63) is 54.7 Å². The van der Waals surface area contributed by atoms with Crippen LogP contribution in [0.15, 0.2) is 49.1 Å². The molecule has 0 bridgehead atoms. The number of amides is 1. The summed E-state index contributed by atoms with van der Waals surface area (Å²) < 4.78 is 2.10. The number of aromatic amines is 1. The third-order valence-corrected chi connectivity index (χ3v) is 4.39. The molecule has 2 aromatic heterocycles. The van der Waals surface area contributed by atoms with Crippen LogP contribution in [0.3, 0.4) is 0 Å². The molecule has 1 N–H and O–H groups in total. The monoisotopic (exact) mass is 294 g/mol. The lowest BCUT2D eigenvalue weighted by atomic mass is 10.1. The van der Waals surface area contributed by atoms with E-state index in [9.17, 15) is 4.79 Å². The third-order valence-electron chi connectivity index (χ3n) is 4.39. The molecule has 3 aromatic rings. The quantitative estimate of drug-likeness (QED) is 0.790. The van der Waals surface area contributed by atoms with Crippen molar-refractivity contribution in [3.63, 3.8) is 0 Å². The zero-order valence-corrected chi connectivity index (χ0v) is 12.3. The Morgan fingerprint density at radius 1 is 1.32 bits per heavy atom. The van der Waals surface area contributed by atoms with Crippen LogP contribution in [0.25, 0.3) is 10.9 Å². The molecule has 0 aliphatic carbocycles. The van der Waals surface area contributed by atoms with Crippen molar-refractivity contribution in [2.45, 2.75) is 18.9 Å². The Morgan fingerprint density at radius 3 is 3.05 bits per heavy atom. The summed E-state index contributed by atoms with van der Waals surface area (Å²) in [5, 5.41) is 1.08. The number of hydrogen-bond acceptors (Lipinski definition) is 2. The van der Waals surface area contributed by atoms with Crippen molar-refractivity contribution in [3.8, 4) is 0 Å². The average molecular weight is 294 g/mol. The molecule has 0 unspecified atom stereocenters. The van der Waals surface area contributed by atoms with Crippen LogP contribution < -0.4 is 0 Å². The van der Waals surface area contributed by atoms with E-state index in [1.807, 2.05) is 47.8 Å². The summed E-state index contributed by atoms with van der Waals surface area (Å²) in [5.74, 6) is 0.0843. The van der Waals surface area contributed by atoms with Gasteiger partial charge in [0.25, 0.3) is 5.91 Å². The van der Waals surface area contributed by atoms with Crippen molar-refractivity contribution < 1.29 is 4.79 Å². The first kappa shape index (κ1) is 13.1. The van der Waals surface area contributed by atoms with E-state index in [0.717, 1.165) is 36.8 Å². The smallest absolute Gasteiger partial charge is 0.270 e. The number of rotatable bonds is 2. The molecule has 0 saturated carbocycles. The van der Waals surface area contributed by atoms with E-state index in [1.54, 1.807) is 6.20 Å². The summed E-state index contributed by atoms with van der Waals surface area (Å²) in [6.07, 6.45) is 7.71. The van der Waals surface area contributed by atoms with Gasteiger partial charge in [-0.3, -0.25) is 4.79 Å².